The Hall–Kier alpha value is -3.79. The minimum atomic E-state index is -4.48. The SMILES string of the molecule is OC1CCc2c(Oc3ccc4c(c3)CC(c3nc5c(C(F)(F)F)cccc5[nH]3)CO4)ccnc2N1. The van der Waals surface area contributed by atoms with Crippen LogP contribution in [-0.4, -0.2) is 32.9 Å². The highest BCUT2D eigenvalue weighted by Gasteiger charge is 2.34. The van der Waals surface area contributed by atoms with Crippen molar-refractivity contribution in [1.29, 1.82) is 0 Å². The monoisotopic (exact) mass is 482 g/mol. The molecule has 10 heteroatoms. The lowest BCUT2D eigenvalue weighted by atomic mass is 9.96. The number of ether oxygens (including phenoxy) is 2. The van der Waals surface area contributed by atoms with Crippen LogP contribution in [0, 0.1) is 0 Å². The van der Waals surface area contributed by atoms with Gasteiger partial charge in [-0.25, -0.2) is 9.97 Å². The number of benzene rings is 2. The number of aromatic amines is 1. The maximum Gasteiger partial charge on any atom is 0.418 e. The van der Waals surface area contributed by atoms with E-state index in [1.807, 2.05) is 18.2 Å². The number of nitrogens with one attached hydrogen (secondary N) is 2. The van der Waals surface area contributed by atoms with Gasteiger partial charge in [-0.1, -0.05) is 6.07 Å². The molecule has 0 bridgehead atoms. The van der Waals surface area contributed by atoms with E-state index >= 15 is 0 Å². The standard InChI is InChI=1S/C25H21F3N4O3/c26-25(27,28)17-2-1-3-18-22(17)32-23(30-18)14-10-13-11-15(4-6-19(13)34-12-14)35-20-8-9-29-24-16(20)5-7-21(33)31-24/h1-4,6,8-9,11,14,21,33H,5,7,10,12H2,(H,29,31)(H,30,32). The highest BCUT2D eigenvalue weighted by Crippen LogP contribution is 2.39. The summed E-state index contributed by atoms with van der Waals surface area (Å²) in [4.78, 5) is 11.6. The van der Waals surface area contributed by atoms with Crippen LogP contribution in [0.5, 0.6) is 17.2 Å². The van der Waals surface area contributed by atoms with Crippen LogP contribution in [-0.2, 0) is 19.0 Å². The van der Waals surface area contributed by atoms with E-state index in [1.165, 1.54) is 6.07 Å². The molecule has 0 saturated heterocycles. The highest BCUT2D eigenvalue weighted by molar-refractivity contribution is 5.79. The van der Waals surface area contributed by atoms with Gasteiger partial charge in [-0.05, 0) is 61.2 Å². The topological polar surface area (TPSA) is 92.3 Å². The number of anilines is 1. The molecule has 2 unspecified atom stereocenters. The molecule has 0 spiro atoms. The number of hydrogen-bond donors (Lipinski definition) is 3. The van der Waals surface area contributed by atoms with Gasteiger partial charge in [0, 0.05) is 11.8 Å². The Morgan fingerprint density at radius 3 is 2.89 bits per heavy atom. The van der Waals surface area contributed by atoms with Crippen LogP contribution in [0.1, 0.15) is 34.9 Å². The van der Waals surface area contributed by atoms with E-state index in [4.69, 9.17) is 9.47 Å². The Balaban J connectivity index is 1.27. The molecule has 2 aromatic heterocycles. The first-order valence-electron chi connectivity index (χ1n) is 11.3. The summed E-state index contributed by atoms with van der Waals surface area (Å²) < 4.78 is 52.3. The van der Waals surface area contributed by atoms with Gasteiger partial charge in [0.1, 0.15) is 40.6 Å². The third kappa shape index (κ3) is 4.03. The molecule has 4 heterocycles. The van der Waals surface area contributed by atoms with Crippen molar-refractivity contribution in [1.82, 2.24) is 15.0 Å². The number of H-pyrrole nitrogens is 1. The molecular weight excluding hydrogens is 461 g/mol. The van der Waals surface area contributed by atoms with Gasteiger partial charge >= 0.3 is 6.18 Å². The lowest BCUT2D eigenvalue weighted by Gasteiger charge is -2.25. The van der Waals surface area contributed by atoms with Crippen molar-refractivity contribution in [3.8, 4) is 17.2 Å². The van der Waals surface area contributed by atoms with Gasteiger partial charge in [0.15, 0.2) is 0 Å². The number of hydrogen-bond acceptors (Lipinski definition) is 6. The van der Waals surface area contributed by atoms with Crippen LogP contribution in [0.3, 0.4) is 0 Å². The van der Waals surface area contributed by atoms with Crippen LogP contribution < -0.4 is 14.8 Å². The van der Waals surface area contributed by atoms with Crippen molar-refractivity contribution in [2.45, 2.75) is 37.6 Å². The molecule has 4 aromatic rings. The van der Waals surface area contributed by atoms with Crippen LogP contribution in [0.4, 0.5) is 19.0 Å². The van der Waals surface area contributed by atoms with Gasteiger partial charge in [-0.2, -0.15) is 13.2 Å². The minimum Gasteiger partial charge on any atom is -0.493 e. The first-order valence-corrected chi connectivity index (χ1v) is 11.3. The molecule has 7 nitrogen and oxygen atoms in total. The van der Waals surface area contributed by atoms with Gasteiger partial charge in [0.25, 0.3) is 0 Å². The number of nitrogens with zero attached hydrogens (tertiary/aromatic N) is 2. The predicted octanol–water partition coefficient (Wildman–Crippen LogP) is 5.16. The average molecular weight is 482 g/mol. The lowest BCUT2D eigenvalue weighted by Crippen LogP contribution is -2.25. The van der Waals surface area contributed by atoms with Crippen molar-refractivity contribution in [2.75, 3.05) is 11.9 Å². The summed E-state index contributed by atoms with van der Waals surface area (Å²) in [6, 6.07) is 11.3. The molecule has 2 aliphatic rings. The summed E-state index contributed by atoms with van der Waals surface area (Å²) in [6.07, 6.45) is -1.76. The number of pyridine rings is 1. The van der Waals surface area contributed by atoms with E-state index in [2.05, 4.69) is 20.3 Å². The number of fused-ring (bicyclic) bond motifs is 3. The summed E-state index contributed by atoms with van der Waals surface area (Å²) in [5.41, 5.74) is 1.28. The Bertz CT molecular complexity index is 1420. The van der Waals surface area contributed by atoms with E-state index in [0.717, 1.165) is 17.2 Å². The summed E-state index contributed by atoms with van der Waals surface area (Å²) in [7, 11) is 0. The zero-order valence-electron chi connectivity index (χ0n) is 18.4. The fourth-order valence-corrected chi connectivity index (χ4v) is 4.66. The maximum atomic E-state index is 13.4. The summed E-state index contributed by atoms with van der Waals surface area (Å²) in [5.74, 6) is 2.80. The molecule has 6 rings (SSSR count). The first kappa shape index (κ1) is 21.7. The Kier molecular flexibility index (Phi) is 5.06. The average Bonchev–Trinajstić information content (AvgIpc) is 3.27. The molecular formula is C25H21F3N4O3. The number of aromatic nitrogens is 3. The van der Waals surface area contributed by atoms with Gasteiger partial charge < -0.3 is 24.9 Å². The van der Waals surface area contributed by atoms with E-state index in [0.29, 0.717) is 60.3 Å². The molecule has 2 aromatic carbocycles. The smallest absolute Gasteiger partial charge is 0.418 e. The zero-order chi connectivity index (χ0) is 24.2. The normalized spacial score (nSPS) is 19.4. The fraction of sp³-hybridized carbons (Fsp3) is 0.280. The fourth-order valence-electron chi connectivity index (χ4n) is 4.66. The maximum absolute atomic E-state index is 13.4. The second kappa shape index (κ2) is 8.16. The minimum absolute atomic E-state index is 0.0842. The molecule has 0 saturated carbocycles. The van der Waals surface area contributed by atoms with Crippen molar-refractivity contribution in [2.24, 2.45) is 0 Å². The molecule has 3 N–H and O–H groups in total. The highest BCUT2D eigenvalue weighted by atomic mass is 19.4. The number of alkyl halides is 3. The van der Waals surface area contributed by atoms with E-state index in [-0.39, 0.29) is 11.4 Å². The molecule has 0 aliphatic carbocycles. The van der Waals surface area contributed by atoms with Gasteiger partial charge in [0.2, 0.25) is 0 Å². The molecule has 2 atom stereocenters. The molecule has 35 heavy (non-hydrogen) atoms. The quantitative estimate of drug-likeness (QED) is 0.374. The number of rotatable bonds is 3. The molecule has 0 radical (unpaired) electrons. The number of imidazole rings is 1. The van der Waals surface area contributed by atoms with Crippen LogP contribution >= 0.6 is 0 Å². The number of halogens is 3. The van der Waals surface area contributed by atoms with Crippen molar-refractivity contribution in [3.63, 3.8) is 0 Å². The lowest BCUT2D eigenvalue weighted by molar-refractivity contribution is -0.136. The molecule has 0 fully saturated rings. The van der Waals surface area contributed by atoms with E-state index < -0.39 is 18.0 Å². The largest absolute Gasteiger partial charge is 0.493 e. The van der Waals surface area contributed by atoms with Crippen molar-refractivity contribution >= 4 is 16.9 Å². The molecule has 0 amide bonds. The Labute approximate surface area is 197 Å². The van der Waals surface area contributed by atoms with Crippen LogP contribution in [0.2, 0.25) is 0 Å². The van der Waals surface area contributed by atoms with Crippen LogP contribution in [0.15, 0.2) is 48.7 Å². The van der Waals surface area contributed by atoms with E-state index in [1.54, 1.807) is 18.3 Å². The molecule has 180 valence electrons. The Morgan fingerprint density at radius 1 is 1.14 bits per heavy atom. The first-order chi connectivity index (χ1) is 16.8. The Morgan fingerprint density at radius 2 is 2.03 bits per heavy atom. The summed E-state index contributed by atoms with van der Waals surface area (Å²) in [6.45, 7) is 0.306. The number of aliphatic hydroxyl groups excluding tert-OH is 1. The van der Waals surface area contributed by atoms with Gasteiger partial charge in [0.05, 0.1) is 23.6 Å². The van der Waals surface area contributed by atoms with Crippen LogP contribution in [0.25, 0.3) is 11.0 Å². The second-order valence-corrected chi connectivity index (χ2v) is 8.74. The van der Waals surface area contributed by atoms with Crippen molar-refractivity contribution in [3.05, 3.63) is 71.2 Å². The third-order valence-electron chi connectivity index (χ3n) is 6.37. The van der Waals surface area contributed by atoms with Gasteiger partial charge in [-0.3, -0.25) is 0 Å². The number of aliphatic hydroxyl groups is 1. The van der Waals surface area contributed by atoms with Crippen molar-refractivity contribution < 1.29 is 27.8 Å². The second-order valence-electron chi connectivity index (χ2n) is 8.74. The number of para-hydroxylation sites is 1. The summed E-state index contributed by atoms with van der Waals surface area (Å²) >= 11 is 0. The van der Waals surface area contributed by atoms with Gasteiger partial charge in [-0.15, -0.1) is 0 Å². The van der Waals surface area contributed by atoms with E-state index in [9.17, 15) is 18.3 Å². The summed E-state index contributed by atoms with van der Waals surface area (Å²) in [5, 5.41) is 12.8. The third-order valence-corrected chi connectivity index (χ3v) is 6.37. The molecule has 2 aliphatic heterocycles. The predicted molar refractivity (Wildman–Crippen MR) is 122 cm³/mol. The zero-order valence-corrected chi connectivity index (χ0v) is 18.4.